The molecule has 0 radical (unpaired) electrons. The predicted molar refractivity (Wildman–Crippen MR) is 105 cm³/mol. The van der Waals surface area contributed by atoms with E-state index in [4.69, 9.17) is 9.47 Å². The number of rotatable bonds is 6. The molecule has 5 nitrogen and oxygen atoms in total. The van der Waals surface area contributed by atoms with Crippen LogP contribution in [0.4, 0.5) is 10.1 Å². The van der Waals surface area contributed by atoms with Crippen molar-refractivity contribution in [2.24, 2.45) is 4.99 Å². The van der Waals surface area contributed by atoms with Gasteiger partial charge in [-0.3, -0.25) is 9.69 Å². The molecule has 1 amide bonds. The average Bonchev–Trinajstić information content (AvgIpc) is 3.03. The molecule has 2 aromatic carbocycles. The highest BCUT2D eigenvalue weighted by Crippen LogP contribution is 2.32. The number of para-hydroxylation sites is 2. The first-order chi connectivity index (χ1) is 13.1. The molecule has 0 N–H and O–H groups in total. The lowest BCUT2D eigenvalue weighted by Crippen LogP contribution is -2.40. The lowest BCUT2D eigenvalue weighted by Gasteiger charge is -2.21. The van der Waals surface area contributed by atoms with Gasteiger partial charge in [0.2, 0.25) is 0 Å². The van der Waals surface area contributed by atoms with Crippen molar-refractivity contribution < 1.29 is 18.7 Å². The molecule has 27 heavy (non-hydrogen) atoms. The maximum absolute atomic E-state index is 13.0. The van der Waals surface area contributed by atoms with Gasteiger partial charge in [-0.05, 0) is 50.2 Å². The number of hydrogen-bond acceptors (Lipinski definition) is 5. The highest BCUT2D eigenvalue weighted by atomic mass is 32.2. The van der Waals surface area contributed by atoms with Gasteiger partial charge < -0.3 is 9.47 Å². The number of hydrogen-bond donors (Lipinski definition) is 0. The van der Waals surface area contributed by atoms with Gasteiger partial charge in [0, 0.05) is 11.8 Å². The zero-order chi connectivity index (χ0) is 19.2. The monoisotopic (exact) mass is 388 g/mol. The molecule has 1 aliphatic heterocycles. The summed E-state index contributed by atoms with van der Waals surface area (Å²) in [5.74, 6) is 1.36. The molecule has 1 atom stereocenters. The summed E-state index contributed by atoms with van der Waals surface area (Å²) in [5.41, 5.74) is 0.688. The van der Waals surface area contributed by atoms with Crippen LogP contribution >= 0.6 is 11.8 Å². The van der Waals surface area contributed by atoms with Crippen LogP contribution in [0, 0.1) is 5.82 Å². The Morgan fingerprint density at radius 2 is 1.96 bits per heavy atom. The lowest BCUT2D eigenvalue weighted by atomic mass is 10.3. The average molecular weight is 388 g/mol. The zero-order valence-corrected chi connectivity index (χ0v) is 16.0. The van der Waals surface area contributed by atoms with E-state index < -0.39 is 0 Å². The minimum Gasteiger partial charge on any atom is -0.492 e. The minimum absolute atomic E-state index is 0.0114. The standard InChI is InChI=1S/C20H21FN2O3S/c1-3-25-18-7-5-4-6-17(18)22-20-23(14(2)13-27-20)19(24)12-26-16-10-8-15(21)9-11-16/h4-11,14H,3,12-13H2,1-2H3. The second-order valence-electron chi connectivity index (χ2n) is 5.96. The Labute approximate surface area is 162 Å². The maximum atomic E-state index is 13.0. The van der Waals surface area contributed by atoms with Gasteiger partial charge in [-0.15, -0.1) is 0 Å². The second-order valence-corrected chi connectivity index (χ2v) is 6.95. The number of carbonyl (C=O) groups is 1. The first kappa shape index (κ1) is 19.2. The quantitative estimate of drug-likeness (QED) is 0.742. The van der Waals surface area contributed by atoms with Crippen LogP contribution < -0.4 is 9.47 Å². The Morgan fingerprint density at radius 3 is 2.70 bits per heavy atom. The van der Waals surface area contributed by atoms with E-state index in [-0.39, 0.29) is 24.4 Å². The number of benzene rings is 2. The smallest absolute Gasteiger partial charge is 0.266 e. The van der Waals surface area contributed by atoms with Crippen molar-refractivity contribution >= 4 is 28.5 Å². The van der Waals surface area contributed by atoms with Crippen LogP contribution in [0.25, 0.3) is 0 Å². The summed E-state index contributed by atoms with van der Waals surface area (Å²) < 4.78 is 24.1. The SMILES string of the molecule is CCOc1ccccc1N=C1SCC(C)N1C(=O)COc1ccc(F)cc1. The molecular weight excluding hydrogens is 367 g/mol. The van der Waals surface area contributed by atoms with Gasteiger partial charge in [-0.2, -0.15) is 0 Å². The van der Waals surface area contributed by atoms with Crippen molar-refractivity contribution in [1.29, 1.82) is 0 Å². The van der Waals surface area contributed by atoms with Gasteiger partial charge in [0.15, 0.2) is 11.8 Å². The third-order valence-corrected chi connectivity index (χ3v) is 5.12. The summed E-state index contributed by atoms with van der Waals surface area (Å²) in [6.45, 7) is 4.29. The number of halogens is 1. The predicted octanol–water partition coefficient (Wildman–Crippen LogP) is 4.25. The van der Waals surface area contributed by atoms with E-state index in [1.807, 2.05) is 38.1 Å². The molecule has 1 aliphatic rings. The number of nitrogens with zero attached hydrogens (tertiary/aromatic N) is 2. The van der Waals surface area contributed by atoms with Gasteiger partial charge in [-0.25, -0.2) is 9.38 Å². The van der Waals surface area contributed by atoms with Gasteiger partial charge in [0.1, 0.15) is 23.0 Å². The molecule has 0 aliphatic carbocycles. The van der Waals surface area contributed by atoms with Crippen molar-refractivity contribution in [2.75, 3.05) is 19.0 Å². The molecule has 142 valence electrons. The molecule has 0 bridgehead atoms. The van der Waals surface area contributed by atoms with Crippen LogP contribution in [-0.4, -0.2) is 41.0 Å². The topological polar surface area (TPSA) is 51.1 Å². The highest BCUT2D eigenvalue weighted by molar-refractivity contribution is 8.14. The molecule has 1 heterocycles. The normalized spacial score (nSPS) is 18.0. The Balaban J connectivity index is 1.74. The number of amides is 1. The van der Waals surface area contributed by atoms with E-state index >= 15 is 0 Å². The number of ether oxygens (including phenoxy) is 2. The lowest BCUT2D eigenvalue weighted by molar-refractivity contribution is -0.130. The third kappa shape index (κ3) is 4.80. The van der Waals surface area contributed by atoms with Crippen LogP contribution in [0.15, 0.2) is 53.5 Å². The second kappa shape index (κ2) is 8.90. The van der Waals surface area contributed by atoms with Crippen molar-refractivity contribution in [3.63, 3.8) is 0 Å². The summed E-state index contributed by atoms with van der Waals surface area (Å²) in [5, 5.41) is 0.627. The minimum atomic E-state index is -0.347. The van der Waals surface area contributed by atoms with Crippen LogP contribution in [0.3, 0.4) is 0 Å². The fourth-order valence-corrected chi connectivity index (χ4v) is 3.77. The van der Waals surface area contributed by atoms with E-state index in [1.54, 1.807) is 4.90 Å². The van der Waals surface area contributed by atoms with Gasteiger partial charge in [0.25, 0.3) is 5.91 Å². The molecule has 1 saturated heterocycles. The summed E-state index contributed by atoms with van der Waals surface area (Å²) >= 11 is 1.53. The Morgan fingerprint density at radius 1 is 1.22 bits per heavy atom. The van der Waals surface area contributed by atoms with Crippen LogP contribution in [-0.2, 0) is 4.79 Å². The summed E-state index contributed by atoms with van der Waals surface area (Å²) in [7, 11) is 0. The van der Waals surface area contributed by atoms with Crippen LogP contribution in [0.1, 0.15) is 13.8 Å². The van der Waals surface area contributed by atoms with Crippen LogP contribution in [0.2, 0.25) is 0 Å². The fourth-order valence-electron chi connectivity index (χ4n) is 2.64. The van der Waals surface area contributed by atoms with Crippen molar-refractivity contribution in [3.05, 3.63) is 54.3 Å². The van der Waals surface area contributed by atoms with Crippen LogP contribution in [0.5, 0.6) is 11.5 Å². The fraction of sp³-hybridized carbons (Fsp3) is 0.300. The van der Waals surface area contributed by atoms with E-state index in [0.717, 1.165) is 5.75 Å². The molecule has 3 rings (SSSR count). The molecule has 1 fully saturated rings. The van der Waals surface area contributed by atoms with E-state index in [9.17, 15) is 9.18 Å². The largest absolute Gasteiger partial charge is 0.492 e. The van der Waals surface area contributed by atoms with E-state index in [1.165, 1.54) is 36.0 Å². The summed E-state index contributed by atoms with van der Waals surface area (Å²) in [6.07, 6.45) is 0. The Bertz CT molecular complexity index is 826. The number of amidine groups is 1. The van der Waals surface area contributed by atoms with Gasteiger partial charge in [-0.1, -0.05) is 23.9 Å². The van der Waals surface area contributed by atoms with Crippen molar-refractivity contribution in [1.82, 2.24) is 4.90 Å². The summed E-state index contributed by atoms with van der Waals surface area (Å²) in [6, 6.07) is 13.1. The number of thioether (sulfide) groups is 1. The number of carbonyl (C=O) groups excluding carboxylic acids is 1. The maximum Gasteiger partial charge on any atom is 0.266 e. The molecule has 1 unspecified atom stereocenters. The molecule has 7 heteroatoms. The third-order valence-electron chi connectivity index (χ3n) is 3.93. The Kier molecular flexibility index (Phi) is 6.34. The molecule has 0 spiro atoms. The van der Waals surface area contributed by atoms with E-state index in [2.05, 4.69) is 4.99 Å². The molecule has 2 aromatic rings. The van der Waals surface area contributed by atoms with E-state index in [0.29, 0.717) is 29.0 Å². The highest BCUT2D eigenvalue weighted by Gasteiger charge is 2.32. The van der Waals surface area contributed by atoms with Crippen molar-refractivity contribution in [2.45, 2.75) is 19.9 Å². The first-order valence-corrected chi connectivity index (χ1v) is 9.70. The first-order valence-electron chi connectivity index (χ1n) is 8.72. The Hall–Kier alpha value is -2.54. The number of aliphatic imine (C=N–C) groups is 1. The van der Waals surface area contributed by atoms with Gasteiger partial charge >= 0.3 is 0 Å². The van der Waals surface area contributed by atoms with Gasteiger partial charge in [0.05, 0.1) is 6.61 Å². The zero-order valence-electron chi connectivity index (χ0n) is 15.2. The molecular formula is C20H21FN2O3S. The molecule has 0 aromatic heterocycles. The summed E-state index contributed by atoms with van der Waals surface area (Å²) in [4.78, 5) is 19.0. The van der Waals surface area contributed by atoms with Crippen molar-refractivity contribution in [3.8, 4) is 11.5 Å². The molecule has 0 saturated carbocycles.